The number of methoxy groups -OCH3 is 1. The number of nitrogens with one attached hydrogen (secondary N) is 1. The molecule has 25 heavy (non-hydrogen) atoms. The Morgan fingerprint density at radius 3 is 2.20 bits per heavy atom. The van der Waals surface area contributed by atoms with E-state index in [9.17, 15) is 9.59 Å². The van der Waals surface area contributed by atoms with Gasteiger partial charge in [-0.25, -0.2) is 4.79 Å². The maximum absolute atomic E-state index is 12.3. The van der Waals surface area contributed by atoms with E-state index in [1.54, 1.807) is 0 Å². The molecule has 0 saturated carbocycles. The number of ether oxygens (including phenoxy) is 1. The lowest BCUT2D eigenvalue weighted by atomic mass is 9.89. The highest BCUT2D eigenvalue weighted by Crippen LogP contribution is 2.24. The molecule has 2 rings (SSSR count). The zero-order valence-electron chi connectivity index (χ0n) is 14.2. The van der Waals surface area contributed by atoms with Gasteiger partial charge < -0.3 is 15.2 Å². The first-order valence-corrected chi connectivity index (χ1v) is 8.21. The van der Waals surface area contributed by atoms with Gasteiger partial charge in [-0.15, -0.1) is 0 Å². The van der Waals surface area contributed by atoms with Crippen LogP contribution in [-0.2, 0) is 20.7 Å². The van der Waals surface area contributed by atoms with Gasteiger partial charge in [-0.3, -0.25) is 4.79 Å². The van der Waals surface area contributed by atoms with Crippen LogP contribution in [0.3, 0.4) is 0 Å². The Labute approximate surface area is 147 Å². The number of hydrogen-bond donors (Lipinski definition) is 2. The van der Waals surface area contributed by atoms with Crippen molar-refractivity contribution in [2.24, 2.45) is 0 Å². The molecule has 0 spiro atoms. The molecule has 2 N–H and O–H groups in total. The second-order valence-corrected chi connectivity index (χ2v) is 5.87. The minimum absolute atomic E-state index is 0.0226. The number of carboxylic acids is 1. The Morgan fingerprint density at radius 2 is 1.64 bits per heavy atom. The van der Waals surface area contributed by atoms with Crippen LogP contribution in [-0.4, -0.2) is 36.7 Å². The van der Waals surface area contributed by atoms with Crippen LogP contribution in [0.5, 0.6) is 0 Å². The summed E-state index contributed by atoms with van der Waals surface area (Å²) in [6.45, 7) is -0.0441. The standard InChI is InChI=1S/C20H23NO4/c1-25-18(20(23)24)14-21-19(22)13-17(16-10-6-3-7-11-16)12-15-8-4-2-5-9-15/h2-11,17-18H,12-14H2,1H3,(H,21,22)(H,23,24). The molecular formula is C20H23NO4. The number of carbonyl (C=O) groups excluding carboxylic acids is 1. The van der Waals surface area contributed by atoms with Crippen molar-refractivity contribution >= 4 is 11.9 Å². The summed E-state index contributed by atoms with van der Waals surface area (Å²) in [6, 6.07) is 19.9. The zero-order valence-corrected chi connectivity index (χ0v) is 14.2. The van der Waals surface area contributed by atoms with Gasteiger partial charge in [-0.05, 0) is 23.5 Å². The zero-order chi connectivity index (χ0) is 18.1. The second kappa shape index (κ2) is 9.59. The van der Waals surface area contributed by atoms with Gasteiger partial charge in [0.2, 0.25) is 5.91 Å². The van der Waals surface area contributed by atoms with E-state index >= 15 is 0 Å². The van der Waals surface area contributed by atoms with E-state index in [4.69, 9.17) is 9.84 Å². The summed E-state index contributed by atoms with van der Waals surface area (Å²) in [5.41, 5.74) is 2.24. The summed E-state index contributed by atoms with van der Waals surface area (Å²) in [6.07, 6.45) is -0.00638. The molecule has 0 heterocycles. The molecule has 2 aromatic rings. The van der Waals surface area contributed by atoms with E-state index in [2.05, 4.69) is 5.32 Å². The van der Waals surface area contributed by atoms with Crippen molar-refractivity contribution in [1.29, 1.82) is 0 Å². The number of carbonyl (C=O) groups is 2. The number of hydrogen-bond acceptors (Lipinski definition) is 3. The van der Waals surface area contributed by atoms with Gasteiger partial charge in [0.25, 0.3) is 0 Å². The maximum Gasteiger partial charge on any atom is 0.334 e. The van der Waals surface area contributed by atoms with Crippen LogP contribution in [0.1, 0.15) is 23.5 Å². The highest BCUT2D eigenvalue weighted by Gasteiger charge is 2.20. The molecule has 5 heteroatoms. The molecule has 0 fully saturated rings. The molecule has 5 nitrogen and oxygen atoms in total. The van der Waals surface area contributed by atoms with E-state index in [0.29, 0.717) is 0 Å². The predicted molar refractivity (Wildman–Crippen MR) is 95.4 cm³/mol. The second-order valence-electron chi connectivity index (χ2n) is 5.87. The van der Waals surface area contributed by atoms with Crippen LogP contribution >= 0.6 is 0 Å². The highest BCUT2D eigenvalue weighted by atomic mass is 16.5. The number of carboxylic acid groups (broad SMARTS) is 1. The lowest BCUT2D eigenvalue weighted by molar-refractivity contribution is -0.148. The number of benzene rings is 2. The lowest BCUT2D eigenvalue weighted by Gasteiger charge is -2.18. The summed E-state index contributed by atoms with van der Waals surface area (Å²) < 4.78 is 4.83. The third kappa shape index (κ3) is 6.04. The van der Waals surface area contributed by atoms with Crippen LogP contribution in [0.4, 0.5) is 0 Å². The fraction of sp³-hybridized carbons (Fsp3) is 0.300. The van der Waals surface area contributed by atoms with Crippen LogP contribution in [0.25, 0.3) is 0 Å². The number of aliphatic carboxylic acids is 1. The highest BCUT2D eigenvalue weighted by molar-refractivity contribution is 5.78. The van der Waals surface area contributed by atoms with Crippen LogP contribution in [0.2, 0.25) is 0 Å². The summed E-state index contributed by atoms with van der Waals surface area (Å²) in [4.78, 5) is 23.3. The topological polar surface area (TPSA) is 75.6 Å². The first kappa shape index (κ1) is 18.7. The van der Waals surface area contributed by atoms with E-state index in [1.807, 2.05) is 60.7 Å². The van der Waals surface area contributed by atoms with Crippen molar-refractivity contribution in [3.8, 4) is 0 Å². The molecule has 0 bridgehead atoms. The Balaban J connectivity index is 2.03. The molecule has 2 aromatic carbocycles. The smallest absolute Gasteiger partial charge is 0.334 e. The van der Waals surface area contributed by atoms with Gasteiger partial charge >= 0.3 is 5.97 Å². The maximum atomic E-state index is 12.3. The van der Waals surface area contributed by atoms with Gasteiger partial charge in [0.1, 0.15) is 0 Å². The number of amides is 1. The average Bonchev–Trinajstić information content (AvgIpc) is 2.63. The van der Waals surface area contributed by atoms with Crippen molar-refractivity contribution in [1.82, 2.24) is 5.32 Å². The molecule has 132 valence electrons. The van der Waals surface area contributed by atoms with Gasteiger partial charge in [-0.2, -0.15) is 0 Å². The molecule has 2 unspecified atom stereocenters. The van der Waals surface area contributed by atoms with Gasteiger partial charge in [0, 0.05) is 13.5 Å². The Bertz CT molecular complexity index is 673. The third-order valence-corrected chi connectivity index (χ3v) is 4.07. The van der Waals surface area contributed by atoms with E-state index in [-0.39, 0.29) is 24.8 Å². The molecule has 2 atom stereocenters. The van der Waals surface area contributed by atoms with E-state index in [0.717, 1.165) is 17.5 Å². The largest absolute Gasteiger partial charge is 0.479 e. The minimum atomic E-state index is -1.09. The molecule has 0 aliphatic rings. The molecule has 0 saturated heterocycles. The Morgan fingerprint density at radius 1 is 1.04 bits per heavy atom. The van der Waals surface area contributed by atoms with Crippen molar-refractivity contribution < 1.29 is 19.4 Å². The minimum Gasteiger partial charge on any atom is -0.479 e. The summed E-state index contributed by atoms with van der Waals surface area (Å²) in [5, 5.41) is 11.6. The molecule has 0 aliphatic carbocycles. The van der Waals surface area contributed by atoms with Crippen molar-refractivity contribution in [2.45, 2.75) is 24.9 Å². The lowest BCUT2D eigenvalue weighted by Crippen LogP contribution is -2.38. The van der Waals surface area contributed by atoms with E-state index in [1.165, 1.54) is 7.11 Å². The Hall–Kier alpha value is -2.66. The van der Waals surface area contributed by atoms with Crippen LogP contribution < -0.4 is 5.32 Å². The summed E-state index contributed by atoms with van der Waals surface area (Å²) in [7, 11) is 1.31. The Kier molecular flexibility index (Phi) is 7.16. The molecule has 0 aliphatic heterocycles. The normalized spacial score (nSPS) is 13.0. The first-order valence-electron chi connectivity index (χ1n) is 8.21. The molecule has 1 amide bonds. The summed E-state index contributed by atoms with van der Waals surface area (Å²) >= 11 is 0. The summed E-state index contributed by atoms with van der Waals surface area (Å²) in [5.74, 6) is -1.26. The quantitative estimate of drug-likeness (QED) is 0.735. The fourth-order valence-electron chi connectivity index (χ4n) is 2.71. The van der Waals surface area contributed by atoms with Crippen LogP contribution in [0, 0.1) is 0 Å². The monoisotopic (exact) mass is 341 g/mol. The van der Waals surface area contributed by atoms with Gasteiger partial charge in [0.15, 0.2) is 6.10 Å². The predicted octanol–water partition coefficient (Wildman–Crippen LogP) is 2.62. The SMILES string of the molecule is COC(CNC(=O)CC(Cc1ccccc1)c1ccccc1)C(=O)O. The molecular weight excluding hydrogens is 318 g/mol. The third-order valence-electron chi connectivity index (χ3n) is 4.07. The molecule has 0 aromatic heterocycles. The van der Waals surface area contributed by atoms with Crippen molar-refractivity contribution in [2.75, 3.05) is 13.7 Å². The van der Waals surface area contributed by atoms with Gasteiger partial charge in [-0.1, -0.05) is 60.7 Å². The average molecular weight is 341 g/mol. The molecule has 0 radical (unpaired) electrons. The van der Waals surface area contributed by atoms with Crippen LogP contribution in [0.15, 0.2) is 60.7 Å². The number of rotatable bonds is 9. The first-order chi connectivity index (χ1) is 12.1. The van der Waals surface area contributed by atoms with Gasteiger partial charge in [0.05, 0.1) is 6.54 Å². The van der Waals surface area contributed by atoms with Crippen molar-refractivity contribution in [3.63, 3.8) is 0 Å². The van der Waals surface area contributed by atoms with Crippen molar-refractivity contribution in [3.05, 3.63) is 71.8 Å². The van der Waals surface area contributed by atoms with E-state index < -0.39 is 12.1 Å². The fourth-order valence-corrected chi connectivity index (χ4v) is 2.71.